The predicted octanol–water partition coefficient (Wildman–Crippen LogP) is 4.47. The molecule has 4 heterocycles. The molecular formula is C27H29N5O2. The van der Waals surface area contributed by atoms with Crippen molar-refractivity contribution in [2.45, 2.75) is 33.4 Å². The second-order valence-corrected chi connectivity index (χ2v) is 9.36. The summed E-state index contributed by atoms with van der Waals surface area (Å²) in [5, 5.41) is 4.57. The third kappa shape index (κ3) is 3.96. The lowest BCUT2D eigenvalue weighted by Gasteiger charge is -2.31. The molecule has 0 bridgehead atoms. The van der Waals surface area contributed by atoms with Crippen molar-refractivity contribution in [1.82, 2.24) is 24.2 Å². The molecule has 0 radical (unpaired) electrons. The van der Waals surface area contributed by atoms with E-state index < -0.39 is 0 Å². The van der Waals surface area contributed by atoms with Crippen molar-refractivity contribution in [2.24, 2.45) is 5.92 Å². The standard InChI is InChI=1S/C27H29N5O2/c1-19(12-21-8-9-25-26(13-21)34-18-33-25)15-30-10-11-31-24(17-30)20(2)29-27(31)22-14-28-32(16-22)23-6-4-3-5-7-23/h3-9,13-14,16,19H,10-12,15,17-18H2,1-2H3. The van der Waals surface area contributed by atoms with Gasteiger partial charge in [0.15, 0.2) is 11.5 Å². The van der Waals surface area contributed by atoms with E-state index in [4.69, 9.17) is 14.5 Å². The van der Waals surface area contributed by atoms with Crippen LogP contribution in [0.4, 0.5) is 0 Å². The van der Waals surface area contributed by atoms with E-state index in [9.17, 15) is 0 Å². The Kier molecular flexibility index (Phi) is 5.34. The molecule has 0 saturated carbocycles. The Labute approximate surface area is 199 Å². The molecule has 4 aromatic rings. The van der Waals surface area contributed by atoms with Gasteiger partial charge in [-0.15, -0.1) is 0 Å². The van der Waals surface area contributed by atoms with E-state index in [0.717, 1.165) is 66.9 Å². The summed E-state index contributed by atoms with van der Waals surface area (Å²) in [6.45, 7) is 8.72. The van der Waals surface area contributed by atoms with Gasteiger partial charge in [0.2, 0.25) is 6.79 Å². The predicted molar refractivity (Wildman–Crippen MR) is 130 cm³/mol. The number of rotatable bonds is 6. The zero-order valence-electron chi connectivity index (χ0n) is 19.6. The van der Waals surface area contributed by atoms with Crippen molar-refractivity contribution >= 4 is 0 Å². The molecule has 2 aliphatic rings. The maximum Gasteiger partial charge on any atom is 0.231 e. The normalized spacial score (nSPS) is 15.9. The summed E-state index contributed by atoms with van der Waals surface area (Å²) in [4.78, 5) is 7.50. The summed E-state index contributed by atoms with van der Waals surface area (Å²) < 4.78 is 15.3. The van der Waals surface area contributed by atoms with Crippen molar-refractivity contribution in [2.75, 3.05) is 19.9 Å². The van der Waals surface area contributed by atoms with Crippen LogP contribution in [0.1, 0.15) is 23.9 Å². The second-order valence-electron chi connectivity index (χ2n) is 9.36. The maximum atomic E-state index is 5.54. The fourth-order valence-electron chi connectivity index (χ4n) is 5.09. The van der Waals surface area contributed by atoms with Crippen molar-refractivity contribution in [3.05, 3.63) is 77.9 Å². The highest BCUT2D eigenvalue weighted by Gasteiger charge is 2.25. The van der Waals surface area contributed by atoms with Gasteiger partial charge in [-0.3, -0.25) is 4.90 Å². The zero-order valence-corrected chi connectivity index (χ0v) is 19.6. The Balaban J connectivity index is 1.14. The fourth-order valence-corrected chi connectivity index (χ4v) is 5.09. The summed E-state index contributed by atoms with van der Waals surface area (Å²) >= 11 is 0. The highest BCUT2D eigenvalue weighted by atomic mass is 16.7. The summed E-state index contributed by atoms with van der Waals surface area (Å²) in [5.41, 5.74) is 5.83. The van der Waals surface area contributed by atoms with Gasteiger partial charge in [0.25, 0.3) is 0 Å². The van der Waals surface area contributed by atoms with Gasteiger partial charge < -0.3 is 14.0 Å². The number of hydrogen-bond acceptors (Lipinski definition) is 5. The number of hydrogen-bond donors (Lipinski definition) is 0. The first-order chi connectivity index (χ1) is 16.6. The lowest BCUT2D eigenvalue weighted by Crippen LogP contribution is -2.37. The van der Waals surface area contributed by atoms with Gasteiger partial charge in [-0.05, 0) is 49.1 Å². The van der Waals surface area contributed by atoms with E-state index in [-0.39, 0.29) is 0 Å². The first-order valence-corrected chi connectivity index (χ1v) is 11.9. The summed E-state index contributed by atoms with van der Waals surface area (Å²) in [6.07, 6.45) is 5.02. The summed E-state index contributed by atoms with van der Waals surface area (Å²) in [5.74, 6) is 3.27. The van der Waals surface area contributed by atoms with Gasteiger partial charge in [-0.1, -0.05) is 31.2 Å². The second kappa shape index (κ2) is 8.65. The van der Waals surface area contributed by atoms with E-state index >= 15 is 0 Å². The van der Waals surface area contributed by atoms with Gasteiger partial charge in [0, 0.05) is 32.4 Å². The molecule has 1 unspecified atom stereocenters. The molecule has 1 atom stereocenters. The topological polar surface area (TPSA) is 57.3 Å². The molecular weight excluding hydrogens is 426 g/mol. The Hall–Kier alpha value is -3.58. The molecule has 7 nitrogen and oxygen atoms in total. The number of nitrogens with zero attached hydrogens (tertiary/aromatic N) is 5. The van der Waals surface area contributed by atoms with Gasteiger partial charge in [-0.25, -0.2) is 9.67 Å². The van der Waals surface area contributed by atoms with Crippen LogP contribution in [0, 0.1) is 12.8 Å². The maximum absolute atomic E-state index is 5.54. The van der Waals surface area contributed by atoms with Crippen LogP contribution in [0.5, 0.6) is 11.5 Å². The van der Waals surface area contributed by atoms with Crippen LogP contribution < -0.4 is 9.47 Å². The van der Waals surface area contributed by atoms with Crippen LogP contribution in [-0.4, -0.2) is 44.1 Å². The number of fused-ring (bicyclic) bond motifs is 2. The van der Waals surface area contributed by atoms with Gasteiger partial charge in [0.05, 0.1) is 28.8 Å². The molecule has 0 saturated heterocycles. The number of ether oxygens (including phenoxy) is 2. The Bertz CT molecular complexity index is 1310. The lowest BCUT2D eigenvalue weighted by atomic mass is 9.99. The van der Waals surface area contributed by atoms with Gasteiger partial charge in [-0.2, -0.15) is 5.10 Å². The number of para-hydroxylation sites is 1. The molecule has 2 aromatic heterocycles. The molecule has 0 spiro atoms. The smallest absolute Gasteiger partial charge is 0.231 e. The summed E-state index contributed by atoms with van der Waals surface area (Å²) in [7, 11) is 0. The van der Waals surface area contributed by atoms with E-state index in [2.05, 4.69) is 58.9 Å². The molecule has 0 aliphatic carbocycles. The minimum Gasteiger partial charge on any atom is -0.454 e. The number of aryl methyl sites for hydroxylation is 1. The van der Waals surface area contributed by atoms with E-state index in [0.29, 0.717) is 12.7 Å². The molecule has 174 valence electrons. The average molecular weight is 456 g/mol. The van der Waals surface area contributed by atoms with Crippen LogP contribution >= 0.6 is 0 Å². The largest absolute Gasteiger partial charge is 0.454 e. The Morgan fingerprint density at radius 2 is 1.88 bits per heavy atom. The lowest BCUT2D eigenvalue weighted by molar-refractivity contribution is 0.174. The highest BCUT2D eigenvalue weighted by molar-refractivity contribution is 5.56. The van der Waals surface area contributed by atoms with Crippen LogP contribution in [0.25, 0.3) is 17.1 Å². The number of benzene rings is 2. The number of aromatic nitrogens is 4. The molecule has 2 aromatic carbocycles. The van der Waals surface area contributed by atoms with Crippen LogP contribution in [0.3, 0.4) is 0 Å². The molecule has 0 N–H and O–H groups in total. The fraction of sp³-hybridized carbons (Fsp3) is 0.333. The first-order valence-electron chi connectivity index (χ1n) is 11.9. The minimum absolute atomic E-state index is 0.324. The Morgan fingerprint density at radius 1 is 1.03 bits per heavy atom. The third-order valence-corrected chi connectivity index (χ3v) is 6.74. The Morgan fingerprint density at radius 3 is 2.76 bits per heavy atom. The molecule has 2 aliphatic heterocycles. The molecule has 0 amide bonds. The first kappa shape index (κ1) is 21.0. The van der Waals surface area contributed by atoms with E-state index in [1.54, 1.807) is 0 Å². The van der Waals surface area contributed by atoms with E-state index in [1.807, 2.05) is 35.1 Å². The molecule has 7 heteroatoms. The van der Waals surface area contributed by atoms with Crippen LogP contribution in [0.15, 0.2) is 60.9 Å². The summed E-state index contributed by atoms with van der Waals surface area (Å²) in [6, 6.07) is 16.5. The van der Waals surface area contributed by atoms with Crippen molar-refractivity contribution in [3.8, 4) is 28.6 Å². The number of imidazole rings is 1. The SMILES string of the molecule is Cc1nc(-c2cnn(-c3ccccc3)c2)n2c1CN(CC(C)Cc1ccc3c(c1)OCO3)CC2. The molecule has 34 heavy (non-hydrogen) atoms. The van der Waals surface area contributed by atoms with Crippen LogP contribution in [0.2, 0.25) is 0 Å². The van der Waals surface area contributed by atoms with E-state index in [1.165, 1.54) is 11.3 Å². The molecule has 0 fully saturated rings. The van der Waals surface area contributed by atoms with Crippen LogP contribution in [-0.2, 0) is 19.5 Å². The van der Waals surface area contributed by atoms with Crippen molar-refractivity contribution in [1.29, 1.82) is 0 Å². The van der Waals surface area contributed by atoms with Gasteiger partial charge >= 0.3 is 0 Å². The average Bonchev–Trinajstić information content (AvgIpc) is 3.58. The van der Waals surface area contributed by atoms with Gasteiger partial charge in [0.1, 0.15) is 5.82 Å². The monoisotopic (exact) mass is 455 g/mol. The quantitative estimate of drug-likeness (QED) is 0.429. The van der Waals surface area contributed by atoms with Crippen molar-refractivity contribution in [3.63, 3.8) is 0 Å². The third-order valence-electron chi connectivity index (χ3n) is 6.74. The minimum atomic E-state index is 0.324. The highest BCUT2D eigenvalue weighted by Crippen LogP contribution is 2.33. The zero-order chi connectivity index (χ0) is 23.1. The van der Waals surface area contributed by atoms with Crippen molar-refractivity contribution < 1.29 is 9.47 Å². The molecule has 6 rings (SSSR count).